The largest absolute Gasteiger partial charge is 0.415 e. The quantitative estimate of drug-likeness (QED) is 0.887. The van der Waals surface area contributed by atoms with Crippen LogP contribution in [0.2, 0.25) is 0 Å². The summed E-state index contributed by atoms with van der Waals surface area (Å²) in [6, 6.07) is 10.9. The Morgan fingerprint density at radius 3 is 2.86 bits per heavy atom. The van der Waals surface area contributed by atoms with E-state index in [1.165, 1.54) is 16.2 Å². The van der Waals surface area contributed by atoms with Crippen molar-refractivity contribution in [2.75, 3.05) is 13.7 Å². The van der Waals surface area contributed by atoms with Crippen LogP contribution in [-0.2, 0) is 6.54 Å². The summed E-state index contributed by atoms with van der Waals surface area (Å²) in [7, 11) is 1.68. The van der Waals surface area contributed by atoms with Crippen LogP contribution in [-0.4, -0.2) is 29.8 Å². The summed E-state index contributed by atoms with van der Waals surface area (Å²) in [4.78, 5) is 14.3. The number of hydrogen-bond donors (Lipinski definition) is 1. The van der Waals surface area contributed by atoms with Gasteiger partial charge in [-0.1, -0.05) is 30.0 Å². The van der Waals surface area contributed by atoms with Crippen molar-refractivity contribution in [2.45, 2.75) is 6.54 Å². The van der Waals surface area contributed by atoms with Crippen molar-refractivity contribution in [3.63, 3.8) is 0 Å². The van der Waals surface area contributed by atoms with E-state index in [0.29, 0.717) is 12.3 Å². The van der Waals surface area contributed by atoms with Crippen LogP contribution in [0.4, 0.5) is 4.79 Å². The lowest BCUT2D eigenvalue weighted by Crippen LogP contribution is -2.28. The number of amides is 1. The first-order chi connectivity index (χ1) is 10.2. The van der Waals surface area contributed by atoms with E-state index in [4.69, 9.17) is 9.84 Å². The first-order valence-electron chi connectivity index (χ1n) is 6.34. The molecule has 4 nitrogen and oxygen atoms in total. The molecule has 0 aliphatic rings. The van der Waals surface area contributed by atoms with Crippen LogP contribution in [0, 0.1) is 11.8 Å². The Hall–Kier alpha value is -2.29. The fourth-order valence-corrected chi connectivity index (χ4v) is 2.43. The summed E-state index contributed by atoms with van der Waals surface area (Å²) in [5.74, 6) is 5.96. The average Bonchev–Trinajstić information content (AvgIpc) is 2.93. The minimum Gasteiger partial charge on any atom is -0.410 e. The molecule has 0 unspecified atom stereocenters. The molecule has 2 aromatic rings. The molecule has 1 aromatic carbocycles. The summed E-state index contributed by atoms with van der Waals surface area (Å²) < 4.78 is 5.25. The highest BCUT2D eigenvalue weighted by Gasteiger charge is 2.12. The zero-order valence-corrected chi connectivity index (χ0v) is 12.4. The smallest absolute Gasteiger partial charge is 0.410 e. The molecule has 1 N–H and O–H groups in total. The second-order valence-electron chi connectivity index (χ2n) is 4.32. The first kappa shape index (κ1) is 15.1. The monoisotopic (exact) mass is 301 g/mol. The molecule has 0 saturated carbocycles. The summed E-state index contributed by atoms with van der Waals surface area (Å²) in [5.41, 5.74) is 0.981. The second-order valence-corrected chi connectivity index (χ2v) is 5.23. The van der Waals surface area contributed by atoms with Crippen LogP contribution in [0.15, 0.2) is 41.8 Å². The van der Waals surface area contributed by atoms with Crippen molar-refractivity contribution in [1.82, 2.24) is 4.90 Å². The van der Waals surface area contributed by atoms with Gasteiger partial charge in [0, 0.05) is 13.6 Å². The van der Waals surface area contributed by atoms with E-state index in [1.807, 2.05) is 29.6 Å². The molecule has 0 fully saturated rings. The predicted octanol–water partition coefficient (Wildman–Crippen LogP) is 2.72. The Bertz CT molecular complexity index is 655. The highest BCUT2D eigenvalue weighted by atomic mass is 32.1. The average molecular weight is 301 g/mol. The Labute approximate surface area is 127 Å². The number of ether oxygens (including phenoxy) is 1. The Morgan fingerprint density at radius 1 is 1.38 bits per heavy atom. The Kier molecular flexibility index (Phi) is 5.38. The third kappa shape index (κ3) is 4.63. The van der Waals surface area contributed by atoms with Crippen molar-refractivity contribution in [3.8, 4) is 17.6 Å². The van der Waals surface area contributed by atoms with E-state index in [1.54, 1.807) is 19.2 Å². The van der Waals surface area contributed by atoms with Gasteiger partial charge in [-0.3, -0.25) is 0 Å². The molecule has 0 bridgehead atoms. The van der Waals surface area contributed by atoms with Gasteiger partial charge in [0.25, 0.3) is 0 Å². The number of hydrogen-bond acceptors (Lipinski definition) is 4. The van der Waals surface area contributed by atoms with Gasteiger partial charge in [-0.05, 0) is 29.1 Å². The van der Waals surface area contributed by atoms with Gasteiger partial charge in [-0.15, -0.1) is 11.3 Å². The molecule has 5 heteroatoms. The van der Waals surface area contributed by atoms with Crippen LogP contribution in [0.5, 0.6) is 5.75 Å². The summed E-state index contributed by atoms with van der Waals surface area (Å²) >= 11 is 1.48. The molecular weight excluding hydrogens is 286 g/mol. The topological polar surface area (TPSA) is 49.8 Å². The Balaban J connectivity index is 1.93. The van der Waals surface area contributed by atoms with Gasteiger partial charge in [0.05, 0.1) is 4.88 Å². The van der Waals surface area contributed by atoms with Gasteiger partial charge in [-0.25, -0.2) is 4.79 Å². The highest BCUT2D eigenvalue weighted by Crippen LogP contribution is 2.16. The van der Waals surface area contributed by atoms with E-state index in [-0.39, 0.29) is 6.61 Å². The number of carbonyl (C=O) groups is 1. The minimum atomic E-state index is -0.407. The van der Waals surface area contributed by atoms with Crippen molar-refractivity contribution in [3.05, 3.63) is 52.2 Å². The number of nitrogens with zero attached hydrogens (tertiary/aromatic N) is 1. The first-order valence-corrected chi connectivity index (χ1v) is 7.22. The van der Waals surface area contributed by atoms with Gasteiger partial charge < -0.3 is 14.7 Å². The minimum absolute atomic E-state index is 0.156. The molecular formula is C16H15NO3S. The third-order valence-corrected chi connectivity index (χ3v) is 3.52. The van der Waals surface area contributed by atoms with Gasteiger partial charge in [0.2, 0.25) is 0 Å². The maximum atomic E-state index is 11.9. The van der Waals surface area contributed by atoms with Crippen LogP contribution in [0.1, 0.15) is 10.4 Å². The van der Waals surface area contributed by atoms with E-state index >= 15 is 0 Å². The normalized spacial score (nSPS) is 9.62. The highest BCUT2D eigenvalue weighted by molar-refractivity contribution is 7.10. The molecule has 21 heavy (non-hydrogen) atoms. The molecule has 0 radical (unpaired) electrons. The standard InChI is InChI=1S/C16H15NO3S/c1-17(16(19)20-14-6-3-2-4-7-14)11-13-10-15(21-12-13)8-5-9-18/h2-4,6-7,10,12,18H,9,11H2,1H3. The lowest BCUT2D eigenvalue weighted by molar-refractivity contribution is 0.161. The fourth-order valence-electron chi connectivity index (χ4n) is 1.66. The fraction of sp³-hybridized carbons (Fsp3) is 0.188. The van der Waals surface area contributed by atoms with Gasteiger partial charge in [0.15, 0.2) is 0 Å². The van der Waals surface area contributed by atoms with Crippen LogP contribution < -0.4 is 4.74 Å². The number of para-hydroxylation sites is 1. The van der Waals surface area contributed by atoms with E-state index in [2.05, 4.69) is 11.8 Å². The number of carbonyl (C=O) groups excluding carboxylic acids is 1. The van der Waals surface area contributed by atoms with Crippen LogP contribution in [0.3, 0.4) is 0 Å². The maximum Gasteiger partial charge on any atom is 0.415 e. The predicted molar refractivity (Wildman–Crippen MR) is 82.2 cm³/mol. The molecule has 2 rings (SSSR count). The van der Waals surface area contributed by atoms with Crippen molar-refractivity contribution in [2.24, 2.45) is 0 Å². The molecule has 1 amide bonds. The molecule has 0 saturated heterocycles. The molecule has 0 aliphatic heterocycles. The molecule has 0 atom stereocenters. The van der Waals surface area contributed by atoms with Crippen LogP contribution >= 0.6 is 11.3 Å². The number of rotatable bonds is 3. The van der Waals surface area contributed by atoms with E-state index in [9.17, 15) is 4.79 Å². The summed E-state index contributed by atoms with van der Waals surface area (Å²) in [5, 5.41) is 10.6. The third-order valence-electron chi connectivity index (χ3n) is 2.62. The molecule has 0 spiro atoms. The maximum absolute atomic E-state index is 11.9. The number of aliphatic hydroxyl groups excluding tert-OH is 1. The Morgan fingerprint density at radius 2 is 2.14 bits per heavy atom. The summed E-state index contributed by atoms with van der Waals surface area (Å²) in [6.45, 7) is 0.291. The van der Waals surface area contributed by atoms with Crippen molar-refractivity contribution in [1.29, 1.82) is 0 Å². The van der Waals surface area contributed by atoms with Gasteiger partial charge >= 0.3 is 6.09 Å². The van der Waals surface area contributed by atoms with Crippen LogP contribution in [0.25, 0.3) is 0 Å². The molecule has 108 valence electrons. The van der Waals surface area contributed by atoms with Gasteiger partial charge in [0.1, 0.15) is 12.4 Å². The lowest BCUT2D eigenvalue weighted by atomic mass is 10.3. The second kappa shape index (κ2) is 7.48. The molecule has 1 heterocycles. The van der Waals surface area contributed by atoms with Gasteiger partial charge in [-0.2, -0.15) is 0 Å². The zero-order valence-electron chi connectivity index (χ0n) is 11.6. The van der Waals surface area contributed by atoms with E-state index in [0.717, 1.165) is 10.4 Å². The number of thiophene rings is 1. The van der Waals surface area contributed by atoms with Crippen molar-refractivity contribution >= 4 is 17.4 Å². The zero-order chi connectivity index (χ0) is 15.1. The number of aliphatic hydroxyl groups is 1. The van der Waals surface area contributed by atoms with E-state index < -0.39 is 6.09 Å². The lowest BCUT2D eigenvalue weighted by Gasteiger charge is -2.15. The van der Waals surface area contributed by atoms with Crippen molar-refractivity contribution < 1.29 is 14.6 Å². The summed E-state index contributed by atoms with van der Waals surface area (Å²) in [6.07, 6.45) is -0.407. The SMILES string of the molecule is CN(Cc1csc(C#CCO)c1)C(=O)Oc1ccccc1. The molecule has 1 aromatic heterocycles. The number of benzene rings is 1. The molecule has 0 aliphatic carbocycles.